The second kappa shape index (κ2) is 27.2. The van der Waals surface area contributed by atoms with Gasteiger partial charge in [-0.1, -0.05) is 109 Å². The van der Waals surface area contributed by atoms with Gasteiger partial charge in [0.15, 0.2) is 6.10 Å². The van der Waals surface area contributed by atoms with Crippen LogP contribution in [-0.2, 0) is 19.1 Å². The molecule has 5 nitrogen and oxygen atoms in total. The molecule has 0 fully saturated rings. The highest BCUT2D eigenvalue weighted by molar-refractivity contribution is 5.70. The van der Waals surface area contributed by atoms with E-state index in [1.165, 1.54) is 77.0 Å². The highest BCUT2D eigenvalue weighted by Crippen LogP contribution is 2.11. The number of unbranched alkanes of at least 4 members (excludes halogenated alkanes) is 16. The van der Waals surface area contributed by atoms with E-state index in [-0.39, 0.29) is 25.2 Å². The predicted octanol–water partition coefficient (Wildman–Crippen LogP) is 8.22. The van der Waals surface area contributed by atoms with Crippen molar-refractivity contribution in [3.63, 3.8) is 0 Å². The maximum absolute atomic E-state index is 11.9. The Kier molecular flexibility index (Phi) is 26.2. The van der Waals surface area contributed by atoms with Crippen LogP contribution in [0, 0.1) is 0 Å². The van der Waals surface area contributed by atoms with Gasteiger partial charge in [0.1, 0.15) is 6.61 Å². The minimum absolute atomic E-state index is 0.0664. The zero-order valence-electron chi connectivity index (χ0n) is 23.1. The number of allylic oxidation sites excluding steroid dienone is 2. The van der Waals surface area contributed by atoms with E-state index in [1.807, 2.05) is 0 Å². The highest BCUT2D eigenvalue weighted by Gasteiger charge is 2.16. The Morgan fingerprint density at radius 1 is 0.629 bits per heavy atom. The first-order valence-electron chi connectivity index (χ1n) is 14.7. The average Bonchev–Trinajstić information content (AvgIpc) is 2.86. The van der Waals surface area contributed by atoms with Gasteiger partial charge in [0, 0.05) is 12.8 Å². The van der Waals surface area contributed by atoms with Crippen LogP contribution in [0.25, 0.3) is 0 Å². The van der Waals surface area contributed by atoms with Gasteiger partial charge < -0.3 is 14.6 Å². The fourth-order valence-electron chi connectivity index (χ4n) is 4.02. The van der Waals surface area contributed by atoms with Gasteiger partial charge in [0.2, 0.25) is 0 Å². The molecule has 1 N–H and O–H groups in total. The van der Waals surface area contributed by atoms with Gasteiger partial charge in [-0.25, -0.2) is 0 Å². The van der Waals surface area contributed by atoms with Crippen LogP contribution in [0.1, 0.15) is 149 Å². The smallest absolute Gasteiger partial charge is 0.306 e. The molecule has 0 aromatic carbocycles. The molecule has 5 heteroatoms. The van der Waals surface area contributed by atoms with Gasteiger partial charge in [-0.05, 0) is 38.5 Å². The third-order valence-electron chi connectivity index (χ3n) is 6.31. The normalized spacial score (nSPS) is 12.2. The van der Waals surface area contributed by atoms with E-state index in [0.717, 1.165) is 44.9 Å². The van der Waals surface area contributed by atoms with E-state index in [2.05, 4.69) is 26.0 Å². The van der Waals surface area contributed by atoms with Gasteiger partial charge in [0.25, 0.3) is 0 Å². The Morgan fingerprint density at radius 3 is 1.54 bits per heavy atom. The summed E-state index contributed by atoms with van der Waals surface area (Å²) in [5.41, 5.74) is 0. The van der Waals surface area contributed by atoms with Crippen molar-refractivity contribution < 1.29 is 24.2 Å². The van der Waals surface area contributed by atoms with Crippen LogP contribution >= 0.6 is 0 Å². The maximum Gasteiger partial charge on any atom is 0.306 e. The Labute approximate surface area is 216 Å². The predicted molar refractivity (Wildman–Crippen MR) is 145 cm³/mol. The third kappa shape index (κ3) is 25.5. The number of ether oxygens (including phenoxy) is 2. The number of esters is 2. The lowest BCUT2D eigenvalue weighted by Gasteiger charge is -2.15. The van der Waals surface area contributed by atoms with Crippen molar-refractivity contribution in [2.75, 3.05) is 13.2 Å². The molecule has 0 saturated carbocycles. The van der Waals surface area contributed by atoms with Crippen LogP contribution in [-0.4, -0.2) is 36.4 Å². The summed E-state index contributed by atoms with van der Waals surface area (Å²) in [6, 6.07) is 0. The number of hydrogen-bond donors (Lipinski definition) is 1. The van der Waals surface area contributed by atoms with Gasteiger partial charge in [-0.3, -0.25) is 9.59 Å². The molecule has 0 amide bonds. The number of carbonyl (C=O) groups is 2. The molecule has 0 aliphatic rings. The molecule has 0 heterocycles. The monoisotopic (exact) mass is 496 g/mol. The SMILES string of the molecule is CCCCCCC/C=C/CCCCCCCC(=O)OC[C@H](CO)OC(=O)CCCCCCCCC. The summed E-state index contributed by atoms with van der Waals surface area (Å²) in [6.45, 7) is 4.05. The lowest BCUT2D eigenvalue weighted by Crippen LogP contribution is -2.28. The van der Waals surface area contributed by atoms with Crippen molar-refractivity contribution >= 4 is 11.9 Å². The Balaban J connectivity index is 3.59. The minimum atomic E-state index is -0.764. The molecule has 35 heavy (non-hydrogen) atoms. The molecule has 0 aromatic rings. The second-order valence-corrected chi connectivity index (χ2v) is 9.83. The van der Waals surface area contributed by atoms with Gasteiger partial charge in [0.05, 0.1) is 6.61 Å². The topological polar surface area (TPSA) is 72.8 Å². The summed E-state index contributed by atoms with van der Waals surface area (Å²) in [7, 11) is 0. The molecule has 0 rings (SSSR count). The lowest BCUT2D eigenvalue weighted by atomic mass is 10.1. The minimum Gasteiger partial charge on any atom is -0.462 e. The standard InChI is InChI=1S/C30H56O5/c1-3-5-7-9-11-12-13-14-15-16-17-19-20-22-24-29(32)34-27-28(26-31)35-30(33)25-23-21-18-10-8-6-4-2/h13-14,28,31H,3-12,15-27H2,1-2H3/b14-13+/t28-/m0/s1. The first kappa shape index (κ1) is 33.6. The molecule has 1 atom stereocenters. The van der Waals surface area contributed by atoms with Gasteiger partial charge >= 0.3 is 11.9 Å². The van der Waals surface area contributed by atoms with Crippen LogP contribution < -0.4 is 0 Å². The molecule has 0 spiro atoms. The third-order valence-corrected chi connectivity index (χ3v) is 6.31. The Bertz CT molecular complexity index is 503. The molecular formula is C30H56O5. The highest BCUT2D eigenvalue weighted by atomic mass is 16.6. The molecular weight excluding hydrogens is 440 g/mol. The van der Waals surface area contributed by atoms with Crippen molar-refractivity contribution in [2.24, 2.45) is 0 Å². The summed E-state index contributed by atoms with van der Waals surface area (Å²) in [5.74, 6) is -0.607. The van der Waals surface area contributed by atoms with Crippen molar-refractivity contribution in [3.05, 3.63) is 12.2 Å². The van der Waals surface area contributed by atoms with Crippen LogP contribution in [0.15, 0.2) is 12.2 Å². The fourth-order valence-corrected chi connectivity index (χ4v) is 4.02. The molecule has 0 aliphatic heterocycles. The van der Waals surface area contributed by atoms with Gasteiger partial charge in [-0.2, -0.15) is 0 Å². The van der Waals surface area contributed by atoms with Crippen LogP contribution in [0.3, 0.4) is 0 Å². The van der Waals surface area contributed by atoms with E-state index in [4.69, 9.17) is 9.47 Å². The quantitative estimate of drug-likeness (QED) is 0.0741. The van der Waals surface area contributed by atoms with E-state index in [1.54, 1.807) is 0 Å². The second-order valence-electron chi connectivity index (χ2n) is 9.83. The molecule has 0 radical (unpaired) electrons. The molecule has 0 unspecified atom stereocenters. The van der Waals surface area contributed by atoms with Crippen LogP contribution in [0.4, 0.5) is 0 Å². The summed E-state index contributed by atoms with van der Waals surface area (Å²) in [6.07, 6.45) is 27.0. The Morgan fingerprint density at radius 2 is 1.06 bits per heavy atom. The van der Waals surface area contributed by atoms with Gasteiger partial charge in [-0.15, -0.1) is 0 Å². The molecule has 0 aromatic heterocycles. The molecule has 0 aliphatic carbocycles. The first-order valence-corrected chi connectivity index (χ1v) is 14.7. The van der Waals surface area contributed by atoms with Crippen LogP contribution in [0.5, 0.6) is 0 Å². The summed E-state index contributed by atoms with van der Waals surface area (Å²) in [4.78, 5) is 23.9. The molecule has 0 saturated heterocycles. The number of aliphatic hydroxyl groups is 1. The summed E-state index contributed by atoms with van der Waals surface area (Å²) in [5, 5.41) is 9.41. The maximum atomic E-state index is 11.9. The lowest BCUT2D eigenvalue weighted by molar-refractivity contribution is -0.161. The van der Waals surface area contributed by atoms with Crippen molar-refractivity contribution in [3.8, 4) is 0 Å². The van der Waals surface area contributed by atoms with E-state index < -0.39 is 6.10 Å². The number of carbonyl (C=O) groups excluding carboxylic acids is 2. The zero-order valence-corrected chi connectivity index (χ0v) is 23.1. The van der Waals surface area contributed by atoms with E-state index in [9.17, 15) is 14.7 Å². The zero-order chi connectivity index (χ0) is 25.8. The number of hydrogen-bond acceptors (Lipinski definition) is 5. The average molecular weight is 497 g/mol. The van der Waals surface area contributed by atoms with Crippen LogP contribution in [0.2, 0.25) is 0 Å². The Hall–Kier alpha value is -1.36. The van der Waals surface area contributed by atoms with E-state index >= 15 is 0 Å². The molecule has 206 valence electrons. The summed E-state index contributed by atoms with van der Waals surface area (Å²) < 4.78 is 10.5. The fraction of sp³-hybridized carbons (Fsp3) is 0.867. The van der Waals surface area contributed by atoms with E-state index in [0.29, 0.717) is 12.8 Å². The van der Waals surface area contributed by atoms with Crippen molar-refractivity contribution in [2.45, 2.75) is 155 Å². The number of aliphatic hydroxyl groups excluding tert-OH is 1. The summed E-state index contributed by atoms with van der Waals surface area (Å²) >= 11 is 0. The van der Waals surface area contributed by atoms with Crippen molar-refractivity contribution in [1.82, 2.24) is 0 Å². The largest absolute Gasteiger partial charge is 0.462 e. The van der Waals surface area contributed by atoms with Crippen molar-refractivity contribution in [1.29, 1.82) is 0 Å². The molecule has 0 bridgehead atoms. The first-order chi connectivity index (χ1) is 17.1. The number of rotatable bonds is 26.